The summed E-state index contributed by atoms with van der Waals surface area (Å²) in [5.41, 5.74) is 0.857. The van der Waals surface area contributed by atoms with Gasteiger partial charge in [-0.05, 0) is 24.8 Å². The lowest BCUT2D eigenvalue weighted by molar-refractivity contribution is -0.138. The average Bonchev–Trinajstić information content (AvgIpc) is 2.38. The lowest BCUT2D eigenvalue weighted by Crippen LogP contribution is -2.28. The Bertz CT molecular complexity index is 356. The first-order valence-electron chi connectivity index (χ1n) is 6.16. The van der Waals surface area contributed by atoms with Gasteiger partial charge in [0, 0.05) is 11.8 Å². The third-order valence-corrected chi connectivity index (χ3v) is 4.02. The molecule has 0 aromatic heterocycles. The Morgan fingerprint density at radius 2 is 2.06 bits per heavy atom. The van der Waals surface area contributed by atoms with Crippen molar-refractivity contribution in [2.45, 2.75) is 24.5 Å². The number of carboxylic acid groups (broad SMARTS) is 1. The highest BCUT2D eigenvalue weighted by Gasteiger charge is 2.18. The van der Waals surface area contributed by atoms with E-state index >= 15 is 0 Å². The summed E-state index contributed by atoms with van der Waals surface area (Å²) in [4.78, 5) is 11.2. The summed E-state index contributed by atoms with van der Waals surface area (Å²) < 4.78 is 0. The zero-order chi connectivity index (χ0) is 13.4. The van der Waals surface area contributed by atoms with Crippen molar-refractivity contribution in [3.63, 3.8) is 0 Å². The molecule has 0 aliphatic carbocycles. The molecule has 18 heavy (non-hydrogen) atoms. The van der Waals surface area contributed by atoms with Gasteiger partial charge in [-0.15, -0.1) is 0 Å². The van der Waals surface area contributed by atoms with E-state index in [0.29, 0.717) is 11.8 Å². The summed E-state index contributed by atoms with van der Waals surface area (Å²) in [6, 6.07) is 9.38. The maximum Gasteiger partial charge on any atom is 0.312 e. The minimum absolute atomic E-state index is 0.462. The van der Waals surface area contributed by atoms with Gasteiger partial charge in [-0.3, -0.25) is 4.79 Å². The molecule has 0 spiro atoms. The van der Waals surface area contributed by atoms with E-state index in [1.807, 2.05) is 42.1 Å². The highest BCUT2D eigenvalue weighted by Crippen LogP contribution is 2.15. The molecule has 0 radical (unpaired) electrons. The van der Waals surface area contributed by atoms with E-state index in [1.165, 1.54) is 0 Å². The predicted molar refractivity (Wildman–Crippen MR) is 77.3 cm³/mol. The summed E-state index contributed by atoms with van der Waals surface area (Å²) in [7, 11) is 0. The van der Waals surface area contributed by atoms with Crippen LogP contribution in [0.1, 0.15) is 24.8 Å². The van der Waals surface area contributed by atoms with Crippen LogP contribution in [0, 0.1) is 0 Å². The van der Waals surface area contributed by atoms with E-state index in [0.717, 1.165) is 18.5 Å². The van der Waals surface area contributed by atoms with Crippen LogP contribution in [0.2, 0.25) is 0 Å². The Morgan fingerprint density at radius 1 is 1.39 bits per heavy atom. The van der Waals surface area contributed by atoms with Crippen molar-refractivity contribution in [3.05, 3.63) is 35.9 Å². The van der Waals surface area contributed by atoms with Crippen LogP contribution in [-0.2, 0) is 4.79 Å². The van der Waals surface area contributed by atoms with Gasteiger partial charge >= 0.3 is 5.97 Å². The monoisotopic (exact) mass is 267 g/mol. The fourth-order valence-corrected chi connectivity index (χ4v) is 2.06. The number of hydrogen-bond acceptors (Lipinski definition) is 3. The van der Waals surface area contributed by atoms with Gasteiger partial charge in [-0.2, -0.15) is 11.8 Å². The first kappa shape index (κ1) is 15.1. The molecule has 0 heterocycles. The summed E-state index contributed by atoms with van der Waals surface area (Å²) in [6.45, 7) is 3.53. The molecule has 1 aromatic carbocycles. The van der Waals surface area contributed by atoms with Crippen molar-refractivity contribution >= 4 is 17.7 Å². The minimum atomic E-state index is -0.772. The average molecular weight is 267 g/mol. The number of nitrogens with one attached hydrogen (secondary N) is 1. The van der Waals surface area contributed by atoms with Crippen LogP contribution in [0.25, 0.3) is 0 Å². The highest BCUT2D eigenvalue weighted by molar-refractivity contribution is 7.99. The lowest BCUT2D eigenvalue weighted by atomic mass is 9.99. The number of carbonyl (C=O) groups is 1. The number of aliphatic carboxylic acids is 1. The smallest absolute Gasteiger partial charge is 0.312 e. The number of rotatable bonds is 8. The first-order valence-corrected chi connectivity index (χ1v) is 7.45. The van der Waals surface area contributed by atoms with Crippen molar-refractivity contribution in [2.24, 2.45) is 0 Å². The van der Waals surface area contributed by atoms with Gasteiger partial charge < -0.3 is 10.4 Å². The number of carboxylic acids is 1. The zero-order valence-corrected chi connectivity index (χ0v) is 11.7. The molecule has 2 N–H and O–H groups in total. The topological polar surface area (TPSA) is 49.3 Å². The van der Waals surface area contributed by atoms with Crippen LogP contribution in [0.3, 0.4) is 0 Å². The lowest BCUT2D eigenvalue weighted by Gasteiger charge is -2.14. The molecular weight excluding hydrogens is 246 g/mol. The maximum absolute atomic E-state index is 11.2. The van der Waals surface area contributed by atoms with Crippen molar-refractivity contribution in [2.75, 3.05) is 19.3 Å². The van der Waals surface area contributed by atoms with E-state index in [2.05, 4.69) is 18.5 Å². The quantitative estimate of drug-likeness (QED) is 0.711. The van der Waals surface area contributed by atoms with Gasteiger partial charge in [0.25, 0.3) is 0 Å². The van der Waals surface area contributed by atoms with Gasteiger partial charge in [-0.1, -0.05) is 37.3 Å². The molecule has 2 atom stereocenters. The largest absolute Gasteiger partial charge is 0.481 e. The van der Waals surface area contributed by atoms with Crippen molar-refractivity contribution in [1.82, 2.24) is 5.32 Å². The molecule has 0 aliphatic heterocycles. The predicted octanol–water partition coefficient (Wildman–Crippen LogP) is 2.59. The second-order valence-electron chi connectivity index (χ2n) is 4.34. The number of benzene rings is 1. The van der Waals surface area contributed by atoms with Gasteiger partial charge in [0.05, 0.1) is 5.92 Å². The van der Waals surface area contributed by atoms with E-state index < -0.39 is 11.9 Å². The molecule has 3 nitrogen and oxygen atoms in total. The standard InChI is InChI=1S/C14H21NO2S/c1-11(18-2)8-9-15-10-13(14(16)17)12-6-4-3-5-7-12/h3-7,11,13,15H,8-10H2,1-2H3,(H,16,17). The number of thioether (sulfide) groups is 1. The molecule has 0 aliphatic rings. The molecule has 4 heteroatoms. The Labute approximate surface area is 113 Å². The number of hydrogen-bond donors (Lipinski definition) is 2. The Kier molecular flexibility index (Phi) is 6.83. The Hall–Kier alpha value is -1.00. The Balaban J connectivity index is 2.43. The molecule has 1 rings (SSSR count). The molecule has 0 amide bonds. The van der Waals surface area contributed by atoms with E-state index in [9.17, 15) is 9.90 Å². The fourth-order valence-electron chi connectivity index (χ4n) is 1.70. The van der Waals surface area contributed by atoms with Crippen LogP contribution in [0.5, 0.6) is 0 Å². The molecule has 0 saturated heterocycles. The highest BCUT2D eigenvalue weighted by atomic mass is 32.2. The SMILES string of the molecule is CSC(C)CCNCC(C(=O)O)c1ccccc1. The second kappa shape index (κ2) is 8.16. The third-order valence-electron chi connectivity index (χ3n) is 2.98. The molecular formula is C14H21NO2S. The molecule has 0 bridgehead atoms. The summed E-state index contributed by atoms with van der Waals surface area (Å²) in [6.07, 6.45) is 3.15. The molecule has 0 fully saturated rings. The normalized spacial score (nSPS) is 14.1. The first-order chi connectivity index (χ1) is 8.65. The summed E-state index contributed by atoms with van der Waals surface area (Å²) in [5.74, 6) is -1.23. The van der Waals surface area contributed by atoms with Crippen LogP contribution in [0.15, 0.2) is 30.3 Å². The summed E-state index contributed by atoms with van der Waals surface area (Å²) in [5, 5.41) is 13.1. The van der Waals surface area contributed by atoms with Crippen LogP contribution in [0.4, 0.5) is 0 Å². The van der Waals surface area contributed by atoms with Crippen molar-refractivity contribution in [1.29, 1.82) is 0 Å². The van der Waals surface area contributed by atoms with E-state index in [1.54, 1.807) is 0 Å². The summed E-state index contributed by atoms with van der Waals surface area (Å²) >= 11 is 1.83. The zero-order valence-electron chi connectivity index (χ0n) is 10.9. The molecule has 2 unspecified atom stereocenters. The van der Waals surface area contributed by atoms with Crippen LogP contribution in [-0.4, -0.2) is 35.7 Å². The third kappa shape index (κ3) is 5.10. The molecule has 0 saturated carbocycles. The Morgan fingerprint density at radius 3 is 2.61 bits per heavy atom. The van der Waals surface area contributed by atoms with Gasteiger partial charge in [-0.25, -0.2) is 0 Å². The van der Waals surface area contributed by atoms with E-state index in [4.69, 9.17) is 0 Å². The maximum atomic E-state index is 11.2. The second-order valence-corrected chi connectivity index (χ2v) is 5.62. The van der Waals surface area contributed by atoms with Crippen molar-refractivity contribution in [3.8, 4) is 0 Å². The minimum Gasteiger partial charge on any atom is -0.481 e. The van der Waals surface area contributed by atoms with E-state index in [-0.39, 0.29) is 0 Å². The van der Waals surface area contributed by atoms with Crippen LogP contribution < -0.4 is 5.32 Å². The van der Waals surface area contributed by atoms with Crippen LogP contribution >= 0.6 is 11.8 Å². The van der Waals surface area contributed by atoms with Gasteiger partial charge in [0.2, 0.25) is 0 Å². The molecule has 100 valence electrons. The van der Waals surface area contributed by atoms with Gasteiger partial charge in [0.15, 0.2) is 0 Å². The molecule has 1 aromatic rings. The van der Waals surface area contributed by atoms with Crippen molar-refractivity contribution < 1.29 is 9.90 Å². The fraction of sp³-hybridized carbons (Fsp3) is 0.500. The van der Waals surface area contributed by atoms with Gasteiger partial charge in [0.1, 0.15) is 0 Å².